The SMILES string of the molecule is CCN(CCCN1C(=O)[C@H]2[C@H](C(=O)Nc3cccc(Cl)c3)[C@H]3C=C[C@@]2(O3)[C@@H]1C(=O)N[C@@H]1CCC[C@H](C)[C@@H]1C)Cc1ccccc1. The fourth-order valence-corrected chi connectivity index (χ4v) is 8.19. The highest BCUT2D eigenvalue weighted by molar-refractivity contribution is 6.30. The minimum absolute atomic E-state index is 0.0413. The molecule has 0 radical (unpaired) electrons. The lowest BCUT2D eigenvalue weighted by Crippen LogP contribution is -2.58. The van der Waals surface area contributed by atoms with Crippen LogP contribution in [0.2, 0.25) is 5.02 Å². The summed E-state index contributed by atoms with van der Waals surface area (Å²) in [4.78, 5) is 46.5. The van der Waals surface area contributed by atoms with E-state index in [0.717, 1.165) is 38.9 Å². The first-order valence-corrected chi connectivity index (χ1v) is 16.9. The Hall–Kier alpha value is -3.20. The summed E-state index contributed by atoms with van der Waals surface area (Å²) in [6.45, 7) is 9.45. The third-order valence-electron chi connectivity index (χ3n) is 10.6. The van der Waals surface area contributed by atoms with E-state index < -0.39 is 29.6 Å². The van der Waals surface area contributed by atoms with E-state index in [4.69, 9.17) is 16.3 Å². The zero-order valence-electron chi connectivity index (χ0n) is 26.5. The van der Waals surface area contributed by atoms with Gasteiger partial charge in [-0.15, -0.1) is 0 Å². The van der Waals surface area contributed by atoms with Gasteiger partial charge in [0.1, 0.15) is 11.6 Å². The second-order valence-corrected chi connectivity index (χ2v) is 13.8. The summed E-state index contributed by atoms with van der Waals surface area (Å²) < 4.78 is 6.55. The minimum Gasteiger partial charge on any atom is -0.359 e. The summed E-state index contributed by atoms with van der Waals surface area (Å²) in [7, 11) is 0. The monoisotopic (exact) mass is 632 g/mol. The minimum atomic E-state index is -1.18. The lowest BCUT2D eigenvalue weighted by Gasteiger charge is -2.38. The average Bonchev–Trinajstić information content (AvgIpc) is 3.67. The summed E-state index contributed by atoms with van der Waals surface area (Å²) >= 11 is 6.17. The number of halogens is 1. The van der Waals surface area contributed by atoms with E-state index >= 15 is 0 Å². The number of ether oxygens (including phenoxy) is 1. The highest BCUT2D eigenvalue weighted by atomic mass is 35.5. The largest absolute Gasteiger partial charge is 0.359 e. The molecule has 0 aromatic heterocycles. The Morgan fingerprint density at radius 3 is 2.64 bits per heavy atom. The van der Waals surface area contributed by atoms with Crippen LogP contribution in [0.15, 0.2) is 66.7 Å². The van der Waals surface area contributed by atoms with Crippen LogP contribution in [0.3, 0.4) is 0 Å². The molecule has 2 aromatic rings. The number of carbonyl (C=O) groups excluding carboxylic acids is 3. The van der Waals surface area contributed by atoms with E-state index in [1.807, 2.05) is 30.4 Å². The molecule has 2 bridgehead atoms. The molecule has 0 unspecified atom stereocenters. The van der Waals surface area contributed by atoms with E-state index in [-0.39, 0.29) is 23.8 Å². The van der Waals surface area contributed by atoms with E-state index in [0.29, 0.717) is 35.5 Å². The van der Waals surface area contributed by atoms with Crippen LogP contribution in [0.1, 0.15) is 52.0 Å². The van der Waals surface area contributed by atoms with Gasteiger partial charge in [-0.05, 0) is 55.0 Å². The Kier molecular flexibility index (Phi) is 9.37. The van der Waals surface area contributed by atoms with Crippen LogP contribution in [0.25, 0.3) is 0 Å². The Bertz CT molecular complexity index is 1440. The van der Waals surface area contributed by atoms with Crippen LogP contribution in [-0.2, 0) is 25.7 Å². The number of nitrogens with zero attached hydrogens (tertiary/aromatic N) is 2. The van der Waals surface area contributed by atoms with Crippen molar-refractivity contribution in [3.05, 3.63) is 77.3 Å². The molecule has 9 heteroatoms. The number of fused-ring (bicyclic) bond motifs is 1. The van der Waals surface area contributed by atoms with Gasteiger partial charge in [0.25, 0.3) is 0 Å². The molecule has 2 saturated heterocycles. The number of amides is 3. The molecule has 2 aromatic carbocycles. The van der Waals surface area contributed by atoms with E-state index in [9.17, 15) is 14.4 Å². The number of carbonyl (C=O) groups is 3. The second-order valence-electron chi connectivity index (χ2n) is 13.3. The molecule has 3 amide bonds. The van der Waals surface area contributed by atoms with E-state index in [1.54, 1.807) is 29.2 Å². The first-order chi connectivity index (χ1) is 21.7. The molecule has 1 saturated carbocycles. The van der Waals surface area contributed by atoms with Crippen LogP contribution < -0.4 is 10.6 Å². The molecule has 45 heavy (non-hydrogen) atoms. The quantitative estimate of drug-likeness (QED) is 0.329. The fraction of sp³-hybridized carbons (Fsp3) is 0.528. The first-order valence-electron chi connectivity index (χ1n) is 16.5. The summed E-state index contributed by atoms with van der Waals surface area (Å²) in [5.41, 5.74) is 0.616. The maximum Gasteiger partial charge on any atom is 0.246 e. The lowest BCUT2D eigenvalue weighted by atomic mass is 9.73. The zero-order valence-corrected chi connectivity index (χ0v) is 27.2. The smallest absolute Gasteiger partial charge is 0.246 e. The number of hydrogen-bond acceptors (Lipinski definition) is 5. The summed E-state index contributed by atoms with van der Waals surface area (Å²) in [5.74, 6) is -1.36. The highest BCUT2D eigenvalue weighted by Gasteiger charge is 2.72. The number of hydrogen-bond donors (Lipinski definition) is 2. The van der Waals surface area contributed by atoms with Crippen molar-refractivity contribution in [2.75, 3.05) is 25.0 Å². The lowest BCUT2D eigenvalue weighted by molar-refractivity contribution is -0.141. The molecule has 6 rings (SSSR count). The molecular weight excluding hydrogens is 588 g/mol. The summed E-state index contributed by atoms with van der Waals surface area (Å²) in [6.07, 6.45) is 7.00. The van der Waals surface area contributed by atoms with E-state index in [1.165, 1.54) is 5.56 Å². The van der Waals surface area contributed by atoms with Gasteiger partial charge in [0.05, 0.1) is 17.9 Å². The van der Waals surface area contributed by atoms with Crippen molar-refractivity contribution in [1.29, 1.82) is 0 Å². The molecule has 3 heterocycles. The number of anilines is 1. The van der Waals surface area contributed by atoms with Crippen LogP contribution in [0.5, 0.6) is 0 Å². The van der Waals surface area contributed by atoms with Crippen molar-refractivity contribution >= 4 is 35.0 Å². The Labute approximate surface area is 271 Å². The molecule has 1 spiro atoms. The van der Waals surface area contributed by atoms with Crippen LogP contribution in [0.4, 0.5) is 5.69 Å². The Balaban J connectivity index is 1.24. The highest BCUT2D eigenvalue weighted by Crippen LogP contribution is 2.55. The van der Waals surface area contributed by atoms with Crippen molar-refractivity contribution < 1.29 is 19.1 Å². The molecule has 8 nitrogen and oxygen atoms in total. The number of nitrogens with one attached hydrogen (secondary N) is 2. The molecule has 3 fully saturated rings. The average molecular weight is 633 g/mol. The van der Waals surface area contributed by atoms with Crippen molar-refractivity contribution in [3.63, 3.8) is 0 Å². The van der Waals surface area contributed by atoms with Gasteiger partial charge in [0.15, 0.2) is 0 Å². The van der Waals surface area contributed by atoms with Crippen molar-refractivity contribution in [1.82, 2.24) is 15.1 Å². The Morgan fingerprint density at radius 1 is 1.09 bits per heavy atom. The van der Waals surface area contributed by atoms with Gasteiger partial charge in [0.2, 0.25) is 17.7 Å². The number of rotatable bonds is 11. The molecule has 240 valence electrons. The fourth-order valence-electron chi connectivity index (χ4n) is 8.00. The van der Waals surface area contributed by atoms with Gasteiger partial charge in [-0.3, -0.25) is 19.3 Å². The molecule has 1 aliphatic carbocycles. The van der Waals surface area contributed by atoms with Crippen LogP contribution in [-0.4, -0.2) is 70.9 Å². The van der Waals surface area contributed by atoms with Crippen molar-refractivity contribution in [2.45, 2.75) is 76.8 Å². The third-order valence-corrected chi connectivity index (χ3v) is 10.9. The van der Waals surface area contributed by atoms with Crippen molar-refractivity contribution in [2.24, 2.45) is 23.7 Å². The zero-order chi connectivity index (χ0) is 31.7. The molecule has 2 N–H and O–H groups in total. The molecule has 3 aliphatic heterocycles. The van der Waals surface area contributed by atoms with Gasteiger partial charge in [-0.25, -0.2) is 0 Å². The van der Waals surface area contributed by atoms with Gasteiger partial charge in [0, 0.05) is 36.4 Å². The van der Waals surface area contributed by atoms with Gasteiger partial charge in [-0.2, -0.15) is 0 Å². The Morgan fingerprint density at radius 2 is 1.89 bits per heavy atom. The summed E-state index contributed by atoms with van der Waals surface area (Å²) in [5, 5.41) is 6.80. The predicted molar refractivity (Wildman–Crippen MR) is 175 cm³/mol. The first kappa shape index (κ1) is 31.8. The maximum atomic E-state index is 14.4. The number of likely N-dealkylation sites (tertiary alicyclic amines) is 1. The van der Waals surface area contributed by atoms with Crippen LogP contribution >= 0.6 is 11.6 Å². The second kappa shape index (κ2) is 13.3. The topological polar surface area (TPSA) is 91.0 Å². The third kappa shape index (κ3) is 6.17. The van der Waals surface area contributed by atoms with Gasteiger partial charge < -0.3 is 20.3 Å². The molecule has 8 atom stereocenters. The van der Waals surface area contributed by atoms with Gasteiger partial charge >= 0.3 is 0 Å². The standard InChI is InChI=1S/C36H45ClN4O4/c1-4-40(22-25-12-6-5-7-13-25)19-10-20-41-32(34(43)39-28-16-8-11-23(2)24(28)3)36-18-17-29(45-36)30(31(36)35(41)44)33(42)38-27-15-9-14-26(37)21-27/h5-7,9,12-15,17-18,21,23-24,28-32H,4,8,10-11,16,19-20,22H2,1-3H3,(H,38,42)(H,39,43)/t23-,24-,28+,29+,30+,31+,32-,36-/m0/s1. The molecule has 4 aliphatic rings. The maximum absolute atomic E-state index is 14.4. The number of benzene rings is 2. The normalized spacial score (nSPS) is 31.8. The van der Waals surface area contributed by atoms with E-state index in [2.05, 4.69) is 48.4 Å². The molecular formula is C36H45ClN4O4. The predicted octanol–water partition coefficient (Wildman–Crippen LogP) is 5.28. The summed E-state index contributed by atoms with van der Waals surface area (Å²) in [6, 6.07) is 16.5. The van der Waals surface area contributed by atoms with Gasteiger partial charge in [-0.1, -0.05) is 93.8 Å². The van der Waals surface area contributed by atoms with Crippen LogP contribution in [0, 0.1) is 23.7 Å². The van der Waals surface area contributed by atoms with Crippen molar-refractivity contribution in [3.8, 4) is 0 Å².